The number of nitrogens with two attached hydrogens (primary N) is 1. The van der Waals surface area contributed by atoms with Crippen molar-refractivity contribution in [3.63, 3.8) is 0 Å². The Morgan fingerprint density at radius 2 is 2.26 bits per heavy atom. The average molecular weight is 345 g/mol. The van der Waals surface area contributed by atoms with Gasteiger partial charge in [0.05, 0.1) is 5.56 Å². The second kappa shape index (κ2) is 4.88. The van der Waals surface area contributed by atoms with Crippen molar-refractivity contribution in [1.29, 1.82) is 5.26 Å². The molecule has 2 rings (SSSR count). The normalized spacial score (nSPS) is 19.5. The van der Waals surface area contributed by atoms with Crippen molar-refractivity contribution in [3.05, 3.63) is 22.3 Å². The number of nitrogens with zero attached hydrogens (tertiary/aromatic N) is 3. The topological polar surface area (TPSA) is 117 Å². The van der Waals surface area contributed by atoms with E-state index < -0.39 is 21.2 Å². The number of carbonyl (C=O) groups is 1. The lowest BCUT2D eigenvalue weighted by Gasteiger charge is -2.16. The Hall–Kier alpha value is -1.50. The summed E-state index contributed by atoms with van der Waals surface area (Å²) < 4.78 is 23.1. The summed E-state index contributed by atoms with van der Waals surface area (Å²) in [6.45, 7) is -0.0824. The molecule has 1 aromatic heterocycles. The molecule has 0 bridgehead atoms. The summed E-state index contributed by atoms with van der Waals surface area (Å²) >= 11 is 3.17. The van der Waals surface area contributed by atoms with Gasteiger partial charge in [0.2, 0.25) is 15.9 Å². The van der Waals surface area contributed by atoms with Crippen molar-refractivity contribution < 1.29 is 13.2 Å². The second-order valence-corrected chi connectivity index (χ2v) is 6.82. The van der Waals surface area contributed by atoms with Crippen LogP contribution in [0.5, 0.6) is 0 Å². The molecule has 2 heterocycles. The molecule has 1 fully saturated rings. The van der Waals surface area contributed by atoms with Crippen LogP contribution in [0, 0.1) is 11.3 Å². The molecule has 2 N–H and O–H groups in total. The number of anilines is 1. The highest BCUT2D eigenvalue weighted by atomic mass is 79.9. The lowest BCUT2D eigenvalue weighted by molar-refractivity contribution is -0.117. The molecule has 1 aromatic rings. The monoisotopic (exact) mass is 344 g/mol. The van der Waals surface area contributed by atoms with E-state index >= 15 is 0 Å². The van der Waals surface area contributed by atoms with E-state index in [0.717, 1.165) is 0 Å². The van der Waals surface area contributed by atoms with E-state index in [9.17, 15) is 13.2 Å². The zero-order chi connectivity index (χ0) is 14.2. The maximum absolute atomic E-state index is 11.8. The van der Waals surface area contributed by atoms with Gasteiger partial charge in [0.15, 0.2) is 5.82 Å². The van der Waals surface area contributed by atoms with Crippen LogP contribution in [0.3, 0.4) is 0 Å². The Morgan fingerprint density at radius 3 is 2.79 bits per heavy atom. The Kier molecular flexibility index (Phi) is 3.58. The molecule has 1 saturated heterocycles. The Balaban J connectivity index is 2.39. The van der Waals surface area contributed by atoms with Crippen molar-refractivity contribution in [2.24, 2.45) is 5.14 Å². The van der Waals surface area contributed by atoms with Gasteiger partial charge in [0.1, 0.15) is 11.3 Å². The van der Waals surface area contributed by atoms with Crippen LogP contribution in [0.2, 0.25) is 0 Å². The van der Waals surface area contributed by atoms with Gasteiger partial charge < -0.3 is 0 Å². The van der Waals surface area contributed by atoms with Crippen LogP contribution >= 0.6 is 15.9 Å². The van der Waals surface area contributed by atoms with Crippen LogP contribution in [-0.4, -0.2) is 31.1 Å². The van der Waals surface area contributed by atoms with Crippen LogP contribution in [0.4, 0.5) is 5.82 Å². The Labute approximate surface area is 118 Å². The van der Waals surface area contributed by atoms with Gasteiger partial charge in [-0.05, 0) is 22.0 Å². The van der Waals surface area contributed by atoms with Crippen LogP contribution < -0.4 is 10.0 Å². The number of halogens is 1. The Bertz CT molecular complexity index is 683. The first-order chi connectivity index (χ1) is 8.82. The molecule has 0 aromatic carbocycles. The highest BCUT2D eigenvalue weighted by Crippen LogP contribution is 2.26. The van der Waals surface area contributed by atoms with Gasteiger partial charge in [-0.2, -0.15) is 5.26 Å². The number of rotatable bonds is 2. The zero-order valence-electron chi connectivity index (χ0n) is 9.58. The number of nitriles is 1. The van der Waals surface area contributed by atoms with E-state index in [0.29, 0.717) is 4.47 Å². The molecule has 0 spiro atoms. The van der Waals surface area contributed by atoms with Crippen molar-refractivity contribution in [2.45, 2.75) is 11.7 Å². The number of pyridine rings is 1. The first-order valence-electron chi connectivity index (χ1n) is 5.20. The van der Waals surface area contributed by atoms with E-state index in [1.54, 1.807) is 0 Å². The molecule has 1 amide bonds. The molecular weight excluding hydrogens is 336 g/mol. The van der Waals surface area contributed by atoms with Gasteiger partial charge in [-0.1, -0.05) is 0 Å². The average Bonchev–Trinajstić information content (AvgIpc) is 2.71. The van der Waals surface area contributed by atoms with Gasteiger partial charge in [0.25, 0.3) is 0 Å². The minimum atomic E-state index is -3.79. The summed E-state index contributed by atoms with van der Waals surface area (Å²) in [6.07, 6.45) is 1.25. The number of hydrogen-bond donors (Lipinski definition) is 1. The maximum atomic E-state index is 11.8. The molecule has 0 saturated carbocycles. The predicted octanol–water partition coefficient (Wildman–Crippen LogP) is 0.110. The van der Waals surface area contributed by atoms with Gasteiger partial charge in [-0.3, -0.25) is 9.69 Å². The summed E-state index contributed by atoms with van der Waals surface area (Å²) in [5.41, 5.74) is 0.192. The second-order valence-electron chi connectivity index (χ2n) is 4.06. The lowest BCUT2D eigenvalue weighted by atomic mass is 10.2. The molecule has 1 atom stereocenters. The van der Waals surface area contributed by atoms with Crippen molar-refractivity contribution in [1.82, 2.24) is 4.98 Å². The minimum Gasteiger partial charge on any atom is -0.294 e. The number of primary sulfonamides is 1. The molecule has 9 heteroatoms. The van der Waals surface area contributed by atoms with Gasteiger partial charge >= 0.3 is 0 Å². The fraction of sp³-hybridized carbons (Fsp3) is 0.300. The SMILES string of the molecule is N#Cc1cc(Br)cnc1N1CC(S(N)(=O)=O)CC1=O. The van der Waals surface area contributed by atoms with Crippen LogP contribution in [0.1, 0.15) is 12.0 Å². The zero-order valence-corrected chi connectivity index (χ0v) is 12.0. The van der Waals surface area contributed by atoms with Crippen LogP contribution in [0.15, 0.2) is 16.7 Å². The largest absolute Gasteiger partial charge is 0.294 e. The summed E-state index contributed by atoms with van der Waals surface area (Å²) in [5, 5.41) is 13.1. The third kappa shape index (κ3) is 2.75. The van der Waals surface area contributed by atoms with E-state index in [2.05, 4.69) is 20.9 Å². The van der Waals surface area contributed by atoms with Crippen LogP contribution in [-0.2, 0) is 14.8 Å². The van der Waals surface area contributed by atoms with Crippen LogP contribution in [0.25, 0.3) is 0 Å². The maximum Gasteiger partial charge on any atom is 0.229 e. The van der Waals surface area contributed by atoms with E-state index in [1.807, 2.05) is 6.07 Å². The summed E-state index contributed by atoms with van der Waals surface area (Å²) in [7, 11) is -3.79. The van der Waals surface area contributed by atoms with Crippen molar-refractivity contribution in [2.75, 3.05) is 11.4 Å². The summed E-state index contributed by atoms with van der Waals surface area (Å²) in [4.78, 5) is 17.0. The fourth-order valence-corrected chi connectivity index (χ4v) is 2.89. The molecule has 1 aliphatic rings. The number of sulfonamides is 1. The quantitative estimate of drug-likeness (QED) is 0.816. The smallest absolute Gasteiger partial charge is 0.229 e. The van der Waals surface area contributed by atoms with Gasteiger partial charge in [0, 0.05) is 23.6 Å². The summed E-state index contributed by atoms with van der Waals surface area (Å²) in [6, 6.07) is 3.43. The third-order valence-electron chi connectivity index (χ3n) is 2.76. The highest BCUT2D eigenvalue weighted by Gasteiger charge is 2.38. The molecule has 1 aliphatic heterocycles. The third-order valence-corrected chi connectivity index (χ3v) is 4.44. The van der Waals surface area contributed by atoms with E-state index in [-0.39, 0.29) is 24.3 Å². The predicted molar refractivity (Wildman–Crippen MR) is 70.5 cm³/mol. The Morgan fingerprint density at radius 1 is 1.58 bits per heavy atom. The molecule has 100 valence electrons. The first kappa shape index (κ1) is 13.9. The van der Waals surface area contributed by atoms with Gasteiger partial charge in [-0.25, -0.2) is 18.5 Å². The molecule has 0 radical (unpaired) electrons. The van der Waals surface area contributed by atoms with Gasteiger partial charge in [-0.15, -0.1) is 0 Å². The molecule has 0 aliphatic carbocycles. The van der Waals surface area contributed by atoms with E-state index in [4.69, 9.17) is 10.4 Å². The molecule has 1 unspecified atom stereocenters. The number of aromatic nitrogens is 1. The standard InChI is InChI=1S/C10H9BrN4O3S/c11-7-1-6(3-12)10(14-4-7)15-5-8(2-9(15)16)19(13,17)18/h1,4,8H,2,5H2,(H2,13,17,18). The molecular formula is C10H9BrN4O3S. The van der Waals surface area contributed by atoms with E-state index in [1.165, 1.54) is 17.2 Å². The highest BCUT2D eigenvalue weighted by molar-refractivity contribution is 9.10. The fourth-order valence-electron chi connectivity index (χ4n) is 1.83. The lowest BCUT2D eigenvalue weighted by Crippen LogP contribution is -2.32. The number of carbonyl (C=O) groups excluding carboxylic acids is 1. The molecule has 19 heavy (non-hydrogen) atoms. The number of hydrogen-bond acceptors (Lipinski definition) is 5. The van der Waals surface area contributed by atoms with Crippen molar-refractivity contribution in [3.8, 4) is 6.07 Å². The van der Waals surface area contributed by atoms with Crippen molar-refractivity contribution >= 4 is 37.7 Å². The molecule has 7 nitrogen and oxygen atoms in total. The first-order valence-corrected chi connectivity index (χ1v) is 7.61. The summed E-state index contributed by atoms with van der Waals surface area (Å²) in [5.74, 6) is -0.257. The minimum absolute atomic E-state index is 0.0824. The number of amides is 1.